The van der Waals surface area contributed by atoms with E-state index in [1.165, 1.54) is 11.1 Å². The van der Waals surface area contributed by atoms with Crippen molar-refractivity contribution >= 4 is 0 Å². The molecule has 0 amide bonds. The van der Waals surface area contributed by atoms with E-state index in [0.29, 0.717) is 12.0 Å². The molecule has 1 aliphatic carbocycles. The van der Waals surface area contributed by atoms with Gasteiger partial charge in [0.15, 0.2) is 0 Å². The lowest BCUT2D eigenvalue weighted by atomic mass is 9.87. The van der Waals surface area contributed by atoms with Crippen LogP contribution in [0.25, 0.3) is 0 Å². The summed E-state index contributed by atoms with van der Waals surface area (Å²) in [5.74, 6) is 0.292. The van der Waals surface area contributed by atoms with Gasteiger partial charge in [0.25, 0.3) is 0 Å². The molecule has 29 heavy (non-hydrogen) atoms. The first-order chi connectivity index (χ1) is 14.3. The Bertz CT molecular complexity index is 812. The first kappa shape index (κ1) is 21.5. The molecule has 0 aromatic heterocycles. The van der Waals surface area contributed by atoms with Crippen LogP contribution in [0.5, 0.6) is 0 Å². The van der Waals surface area contributed by atoms with Crippen molar-refractivity contribution < 1.29 is 4.39 Å². The highest BCUT2D eigenvalue weighted by molar-refractivity contribution is 5.38. The lowest BCUT2D eigenvalue weighted by molar-refractivity contribution is 0.216. The van der Waals surface area contributed by atoms with E-state index in [1.54, 1.807) is 0 Å². The Hall–Kier alpha value is -2.23. The van der Waals surface area contributed by atoms with Gasteiger partial charge in [-0.1, -0.05) is 86.7 Å². The van der Waals surface area contributed by atoms with Crippen LogP contribution in [0.1, 0.15) is 48.9 Å². The molecule has 2 unspecified atom stereocenters. The molecule has 1 aliphatic heterocycles. The second-order valence-corrected chi connectivity index (χ2v) is 7.47. The van der Waals surface area contributed by atoms with Gasteiger partial charge in [0.05, 0.1) is 0 Å². The smallest absolute Gasteiger partial charge is 0.115 e. The fourth-order valence-corrected chi connectivity index (χ4v) is 4.15. The number of nitrogens with zero attached hydrogens (tertiary/aromatic N) is 1. The third-order valence-electron chi connectivity index (χ3n) is 5.64. The van der Waals surface area contributed by atoms with Gasteiger partial charge in [-0.15, -0.1) is 0 Å². The zero-order valence-electron chi connectivity index (χ0n) is 17.7. The van der Waals surface area contributed by atoms with Crippen LogP contribution in [0.2, 0.25) is 0 Å². The first-order valence-electron chi connectivity index (χ1n) is 10.8. The molecular formula is C26H33FN2. The summed E-state index contributed by atoms with van der Waals surface area (Å²) < 4.78 is 13.3. The van der Waals surface area contributed by atoms with Crippen molar-refractivity contribution in [1.29, 1.82) is 0 Å². The van der Waals surface area contributed by atoms with Crippen molar-refractivity contribution in [2.75, 3.05) is 26.2 Å². The van der Waals surface area contributed by atoms with Crippen LogP contribution in [-0.4, -0.2) is 31.1 Å². The van der Waals surface area contributed by atoms with E-state index in [1.807, 2.05) is 32.0 Å². The summed E-state index contributed by atoms with van der Waals surface area (Å²) in [6.45, 7) is 7.71. The van der Waals surface area contributed by atoms with Gasteiger partial charge in [0.1, 0.15) is 6.67 Å². The summed E-state index contributed by atoms with van der Waals surface area (Å²) >= 11 is 0. The van der Waals surface area contributed by atoms with Crippen molar-refractivity contribution in [3.8, 4) is 0 Å². The predicted molar refractivity (Wildman–Crippen MR) is 121 cm³/mol. The zero-order chi connectivity index (χ0) is 20.5. The highest BCUT2D eigenvalue weighted by atomic mass is 19.1. The minimum atomic E-state index is -0.390. The molecule has 1 fully saturated rings. The first-order valence-corrected chi connectivity index (χ1v) is 10.8. The van der Waals surface area contributed by atoms with Crippen molar-refractivity contribution in [1.82, 2.24) is 10.2 Å². The molecule has 0 bridgehead atoms. The van der Waals surface area contributed by atoms with Gasteiger partial charge in [0.2, 0.25) is 0 Å². The van der Waals surface area contributed by atoms with Gasteiger partial charge in [0, 0.05) is 38.1 Å². The second-order valence-electron chi connectivity index (χ2n) is 7.47. The van der Waals surface area contributed by atoms with Crippen LogP contribution in [0, 0.1) is 0 Å². The number of nitrogens with one attached hydrogen (secondary N) is 1. The van der Waals surface area contributed by atoms with Crippen LogP contribution in [0.4, 0.5) is 4.39 Å². The molecular weight excluding hydrogens is 359 g/mol. The fraction of sp³-hybridized carbons (Fsp3) is 0.385. The third kappa shape index (κ3) is 5.65. The average molecular weight is 393 g/mol. The van der Waals surface area contributed by atoms with Crippen LogP contribution < -0.4 is 5.32 Å². The van der Waals surface area contributed by atoms with E-state index in [0.717, 1.165) is 43.7 Å². The molecule has 1 N–H and O–H groups in total. The Morgan fingerprint density at radius 1 is 1.03 bits per heavy atom. The summed E-state index contributed by atoms with van der Waals surface area (Å²) in [6, 6.07) is 19.0. The topological polar surface area (TPSA) is 15.3 Å². The summed E-state index contributed by atoms with van der Waals surface area (Å²) in [5, 5.41) is 3.63. The maximum atomic E-state index is 13.3. The molecule has 154 valence electrons. The molecule has 2 aliphatic rings. The van der Waals surface area contributed by atoms with Gasteiger partial charge >= 0.3 is 0 Å². The summed E-state index contributed by atoms with van der Waals surface area (Å²) in [6.07, 6.45) is 7.78. The number of alkyl halides is 1. The maximum absolute atomic E-state index is 13.3. The van der Waals surface area contributed by atoms with Crippen molar-refractivity contribution in [2.24, 2.45) is 0 Å². The Kier molecular flexibility index (Phi) is 8.21. The molecule has 2 nitrogen and oxygen atoms in total. The molecule has 0 saturated carbocycles. The van der Waals surface area contributed by atoms with Crippen molar-refractivity contribution in [2.45, 2.75) is 38.9 Å². The van der Waals surface area contributed by atoms with Gasteiger partial charge in [-0.2, -0.15) is 0 Å². The summed E-state index contributed by atoms with van der Waals surface area (Å²) in [5.41, 5.74) is 4.67. The van der Waals surface area contributed by atoms with Crippen LogP contribution >= 0.6 is 0 Å². The quantitative estimate of drug-likeness (QED) is 0.692. The SMILES string of the molecule is CC.FCc1ccccc1C1C=CC(CN2CCNC(c3ccccc3)C2)=CC1. The number of allylic oxidation sites excluding steroid dienone is 2. The number of hydrogen-bond acceptors (Lipinski definition) is 2. The van der Waals surface area contributed by atoms with Crippen LogP contribution in [0.15, 0.2) is 78.4 Å². The number of rotatable bonds is 5. The third-order valence-corrected chi connectivity index (χ3v) is 5.64. The Balaban J connectivity index is 0.00000117. The average Bonchev–Trinajstić information content (AvgIpc) is 2.82. The number of halogens is 1. The standard InChI is InChI=1S/C24H27FN2.C2H6/c25-16-22-8-4-5-9-23(22)20-12-10-19(11-13-20)17-27-15-14-26-24(18-27)21-6-2-1-3-7-21;1-2/h1-12,20,24,26H,13-18H2;1-2H3. The lowest BCUT2D eigenvalue weighted by Gasteiger charge is -2.34. The molecule has 1 heterocycles. The molecule has 2 atom stereocenters. The molecule has 0 spiro atoms. The minimum absolute atomic E-state index is 0.292. The lowest BCUT2D eigenvalue weighted by Crippen LogP contribution is -2.46. The van der Waals surface area contributed by atoms with Crippen molar-refractivity contribution in [3.63, 3.8) is 0 Å². The van der Waals surface area contributed by atoms with E-state index in [4.69, 9.17) is 0 Å². The molecule has 2 aromatic rings. The van der Waals surface area contributed by atoms with E-state index in [-0.39, 0.29) is 0 Å². The number of hydrogen-bond donors (Lipinski definition) is 1. The number of piperazine rings is 1. The van der Waals surface area contributed by atoms with E-state index < -0.39 is 6.67 Å². The highest BCUT2D eigenvalue weighted by Crippen LogP contribution is 2.30. The predicted octanol–water partition coefficient (Wildman–Crippen LogP) is 5.80. The summed E-state index contributed by atoms with van der Waals surface area (Å²) in [4.78, 5) is 2.53. The Morgan fingerprint density at radius 3 is 2.52 bits per heavy atom. The largest absolute Gasteiger partial charge is 0.308 e. The van der Waals surface area contributed by atoms with E-state index in [2.05, 4.69) is 64.8 Å². The Morgan fingerprint density at radius 2 is 1.79 bits per heavy atom. The molecule has 2 aromatic carbocycles. The molecule has 3 heteroatoms. The number of benzene rings is 2. The monoisotopic (exact) mass is 392 g/mol. The van der Waals surface area contributed by atoms with Gasteiger partial charge in [-0.25, -0.2) is 4.39 Å². The Labute approximate surface area is 175 Å². The van der Waals surface area contributed by atoms with E-state index >= 15 is 0 Å². The van der Waals surface area contributed by atoms with Crippen molar-refractivity contribution in [3.05, 3.63) is 95.1 Å². The highest BCUT2D eigenvalue weighted by Gasteiger charge is 2.22. The zero-order valence-corrected chi connectivity index (χ0v) is 17.7. The normalized spacial score (nSPS) is 21.8. The second kappa shape index (κ2) is 11.1. The molecule has 1 saturated heterocycles. The maximum Gasteiger partial charge on any atom is 0.115 e. The van der Waals surface area contributed by atoms with Crippen LogP contribution in [-0.2, 0) is 6.67 Å². The van der Waals surface area contributed by atoms with Crippen LogP contribution in [0.3, 0.4) is 0 Å². The van der Waals surface area contributed by atoms with E-state index in [9.17, 15) is 4.39 Å². The van der Waals surface area contributed by atoms with Gasteiger partial charge in [-0.3, -0.25) is 4.90 Å². The van der Waals surface area contributed by atoms with Gasteiger partial charge in [-0.05, 0) is 28.7 Å². The minimum Gasteiger partial charge on any atom is -0.308 e. The molecule has 4 rings (SSSR count). The molecule has 0 radical (unpaired) electrons. The van der Waals surface area contributed by atoms with Gasteiger partial charge < -0.3 is 5.32 Å². The summed E-state index contributed by atoms with van der Waals surface area (Å²) in [7, 11) is 0. The fourth-order valence-electron chi connectivity index (χ4n) is 4.15.